The maximum atomic E-state index is 11.4. The molecule has 0 saturated heterocycles. The molecule has 1 aromatic heterocycles. The lowest BCUT2D eigenvalue weighted by molar-refractivity contribution is 0.0946. The first-order valence-corrected chi connectivity index (χ1v) is 4.59. The van der Waals surface area contributed by atoms with Gasteiger partial charge >= 0.3 is 0 Å². The number of carbonyl (C=O) groups is 1. The van der Waals surface area contributed by atoms with Gasteiger partial charge in [-0.25, -0.2) is 0 Å². The number of amides is 1. The number of hydrogen-bond donors (Lipinski definition) is 3. The Labute approximate surface area is 87.1 Å². The quantitative estimate of drug-likeness (QED) is 0.616. The highest BCUT2D eigenvalue weighted by molar-refractivity contribution is 7.80. The predicted octanol–water partition coefficient (Wildman–Crippen LogP) is 0.0617. The fourth-order valence-electron chi connectivity index (χ4n) is 0.824. The third-order valence-electron chi connectivity index (χ3n) is 1.80. The first-order chi connectivity index (χ1) is 6.61. The molecule has 0 spiro atoms. The number of aromatic nitrogens is 2. The van der Waals surface area contributed by atoms with Crippen molar-refractivity contribution in [3.05, 3.63) is 18.0 Å². The molecule has 0 aliphatic rings. The van der Waals surface area contributed by atoms with E-state index in [0.29, 0.717) is 17.2 Å². The van der Waals surface area contributed by atoms with Crippen molar-refractivity contribution in [2.45, 2.75) is 6.92 Å². The molecule has 4 N–H and O–H groups in total. The number of hydrogen-bond acceptors (Lipinski definition) is 3. The van der Waals surface area contributed by atoms with Crippen molar-refractivity contribution in [2.24, 2.45) is 11.7 Å². The summed E-state index contributed by atoms with van der Waals surface area (Å²) < 4.78 is 0. The van der Waals surface area contributed by atoms with E-state index in [0.717, 1.165) is 0 Å². The van der Waals surface area contributed by atoms with Crippen molar-refractivity contribution in [3.8, 4) is 0 Å². The number of carbonyl (C=O) groups excluding carboxylic acids is 1. The summed E-state index contributed by atoms with van der Waals surface area (Å²) >= 11 is 4.78. The van der Waals surface area contributed by atoms with E-state index >= 15 is 0 Å². The molecule has 1 atom stereocenters. The Kier molecular flexibility index (Phi) is 3.58. The van der Waals surface area contributed by atoms with Crippen LogP contribution in [-0.2, 0) is 0 Å². The summed E-state index contributed by atoms with van der Waals surface area (Å²) in [7, 11) is 0. The average molecular weight is 212 g/mol. The third kappa shape index (κ3) is 2.81. The van der Waals surface area contributed by atoms with E-state index in [9.17, 15) is 4.79 Å². The largest absolute Gasteiger partial charge is 0.393 e. The van der Waals surface area contributed by atoms with Gasteiger partial charge in [-0.05, 0) is 6.07 Å². The van der Waals surface area contributed by atoms with Gasteiger partial charge in [-0.2, -0.15) is 5.10 Å². The normalized spacial score (nSPS) is 12.1. The standard InChI is InChI=1S/C8H12N4OS/c1-5(7(9)14)4-10-8(13)6-2-3-11-12-6/h2-3,5H,4H2,1H3,(H2,9,14)(H,10,13)(H,11,12). The van der Waals surface area contributed by atoms with E-state index < -0.39 is 0 Å². The van der Waals surface area contributed by atoms with Crippen LogP contribution in [0.4, 0.5) is 0 Å². The van der Waals surface area contributed by atoms with E-state index in [2.05, 4.69) is 15.5 Å². The van der Waals surface area contributed by atoms with Crippen LogP contribution in [0.1, 0.15) is 17.4 Å². The van der Waals surface area contributed by atoms with Gasteiger partial charge in [0.25, 0.3) is 5.91 Å². The maximum absolute atomic E-state index is 11.4. The zero-order chi connectivity index (χ0) is 10.6. The summed E-state index contributed by atoms with van der Waals surface area (Å²) in [6.07, 6.45) is 1.52. The minimum absolute atomic E-state index is 0.00290. The van der Waals surface area contributed by atoms with Gasteiger partial charge in [0.2, 0.25) is 0 Å². The Morgan fingerprint density at radius 3 is 3.07 bits per heavy atom. The molecule has 1 aromatic rings. The fraction of sp³-hybridized carbons (Fsp3) is 0.375. The van der Waals surface area contributed by atoms with Crippen molar-refractivity contribution in [2.75, 3.05) is 6.54 Å². The van der Waals surface area contributed by atoms with Crippen molar-refractivity contribution >= 4 is 23.1 Å². The van der Waals surface area contributed by atoms with Gasteiger partial charge in [0.15, 0.2) is 0 Å². The molecule has 0 aromatic carbocycles. The molecular weight excluding hydrogens is 200 g/mol. The number of rotatable bonds is 4. The molecule has 1 rings (SSSR count). The number of H-pyrrole nitrogens is 1. The lowest BCUT2D eigenvalue weighted by atomic mass is 10.2. The van der Waals surface area contributed by atoms with Crippen LogP contribution in [0.2, 0.25) is 0 Å². The second-order valence-corrected chi connectivity index (χ2v) is 3.46. The molecule has 1 unspecified atom stereocenters. The monoisotopic (exact) mass is 212 g/mol. The molecule has 0 radical (unpaired) electrons. The summed E-state index contributed by atoms with van der Waals surface area (Å²) in [6.45, 7) is 2.29. The molecule has 14 heavy (non-hydrogen) atoms. The van der Waals surface area contributed by atoms with E-state index in [1.165, 1.54) is 6.20 Å². The molecular formula is C8H12N4OS. The lowest BCUT2D eigenvalue weighted by Gasteiger charge is -2.09. The Balaban J connectivity index is 2.40. The summed E-state index contributed by atoms with van der Waals surface area (Å²) in [5.41, 5.74) is 5.83. The van der Waals surface area contributed by atoms with Gasteiger partial charge in [0, 0.05) is 18.7 Å². The van der Waals surface area contributed by atoms with E-state index in [4.69, 9.17) is 18.0 Å². The number of nitrogens with one attached hydrogen (secondary N) is 2. The van der Waals surface area contributed by atoms with E-state index in [1.54, 1.807) is 6.07 Å². The number of thiocarbonyl (C=S) groups is 1. The predicted molar refractivity (Wildman–Crippen MR) is 56.9 cm³/mol. The van der Waals surface area contributed by atoms with E-state index in [1.807, 2.05) is 6.92 Å². The number of aromatic amines is 1. The van der Waals surface area contributed by atoms with Gasteiger partial charge < -0.3 is 11.1 Å². The number of nitrogens with two attached hydrogens (primary N) is 1. The first kappa shape index (κ1) is 10.6. The van der Waals surface area contributed by atoms with Crippen LogP contribution in [0.25, 0.3) is 0 Å². The highest BCUT2D eigenvalue weighted by atomic mass is 32.1. The highest BCUT2D eigenvalue weighted by Gasteiger charge is 2.09. The van der Waals surface area contributed by atoms with Crippen molar-refractivity contribution in [1.82, 2.24) is 15.5 Å². The Bertz CT molecular complexity index is 322. The first-order valence-electron chi connectivity index (χ1n) is 4.18. The summed E-state index contributed by atoms with van der Waals surface area (Å²) in [5.74, 6) is -0.206. The molecule has 0 aliphatic heterocycles. The van der Waals surface area contributed by atoms with E-state index in [-0.39, 0.29) is 11.8 Å². The van der Waals surface area contributed by atoms with Crippen LogP contribution in [-0.4, -0.2) is 27.6 Å². The van der Waals surface area contributed by atoms with Gasteiger partial charge in [-0.3, -0.25) is 9.89 Å². The van der Waals surface area contributed by atoms with Crippen molar-refractivity contribution in [1.29, 1.82) is 0 Å². The zero-order valence-corrected chi connectivity index (χ0v) is 8.60. The molecule has 0 fully saturated rings. The summed E-state index contributed by atoms with van der Waals surface area (Å²) in [4.78, 5) is 11.8. The highest BCUT2D eigenvalue weighted by Crippen LogP contribution is 1.95. The topological polar surface area (TPSA) is 83.8 Å². The van der Waals surface area contributed by atoms with Gasteiger partial charge in [0.05, 0.1) is 4.99 Å². The fourth-order valence-corrected chi connectivity index (χ4v) is 0.907. The van der Waals surface area contributed by atoms with Gasteiger partial charge in [-0.1, -0.05) is 19.1 Å². The van der Waals surface area contributed by atoms with Crippen LogP contribution < -0.4 is 11.1 Å². The summed E-state index contributed by atoms with van der Waals surface area (Å²) in [5, 5.41) is 8.92. The van der Waals surface area contributed by atoms with Crippen molar-refractivity contribution in [3.63, 3.8) is 0 Å². The zero-order valence-electron chi connectivity index (χ0n) is 7.78. The van der Waals surface area contributed by atoms with Gasteiger partial charge in [0.1, 0.15) is 5.69 Å². The Morgan fingerprint density at radius 1 is 1.86 bits per heavy atom. The lowest BCUT2D eigenvalue weighted by Crippen LogP contribution is -2.33. The maximum Gasteiger partial charge on any atom is 0.269 e. The second kappa shape index (κ2) is 4.71. The Morgan fingerprint density at radius 2 is 2.57 bits per heavy atom. The molecule has 0 saturated carbocycles. The molecule has 1 heterocycles. The van der Waals surface area contributed by atoms with Crippen LogP contribution in [0.15, 0.2) is 12.3 Å². The Hall–Kier alpha value is -1.43. The van der Waals surface area contributed by atoms with Crippen LogP contribution in [0.5, 0.6) is 0 Å². The second-order valence-electron chi connectivity index (χ2n) is 2.98. The van der Waals surface area contributed by atoms with Crippen molar-refractivity contribution < 1.29 is 4.79 Å². The minimum Gasteiger partial charge on any atom is -0.393 e. The van der Waals surface area contributed by atoms with Crippen LogP contribution in [0, 0.1) is 5.92 Å². The van der Waals surface area contributed by atoms with Gasteiger partial charge in [-0.15, -0.1) is 0 Å². The smallest absolute Gasteiger partial charge is 0.269 e. The molecule has 6 heteroatoms. The van der Waals surface area contributed by atoms with Crippen LogP contribution >= 0.6 is 12.2 Å². The molecule has 76 valence electrons. The van der Waals surface area contributed by atoms with Crippen LogP contribution in [0.3, 0.4) is 0 Å². The average Bonchev–Trinajstić information content (AvgIpc) is 2.66. The summed E-state index contributed by atoms with van der Waals surface area (Å²) in [6, 6.07) is 1.60. The molecule has 5 nitrogen and oxygen atoms in total. The molecule has 0 bridgehead atoms. The SMILES string of the molecule is CC(CNC(=O)c1ccn[nH]1)C(N)=S. The number of nitrogens with zero attached hydrogens (tertiary/aromatic N) is 1. The third-order valence-corrected chi connectivity index (χ3v) is 2.20. The molecule has 1 amide bonds. The molecule has 0 aliphatic carbocycles. The minimum atomic E-state index is -0.203.